The third-order valence-corrected chi connectivity index (χ3v) is 5.51. The van der Waals surface area contributed by atoms with Crippen molar-refractivity contribution in [2.24, 2.45) is 0 Å². The van der Waals surface area contributed by atoms with Gasteiger partial charge < -0.3 is 14.8 Å². The van der Waals surface area contributed by atoms with Crippen molar-refractivity contribution in [1.82, 2.24) is 9.97 Å². The van der Waals surface area contributed by atoms with Gasteiger partial charge in [0.2, 0.25) is 0 Å². The average Bonchev–Trinajstić information content (AvgIpc) is 3.21. The maximum absolute atomic E-state index is 14.9. The number of carboxylic acids is 1. The standard InChI is InChI=1S/C27H19FN2O3/c1-16-7-12-20(13-21(16)26(31)32)33-27-29-24-14-22(23(28)15-25(24)30-27)19-10-8-18(9-11-19)17-5-3-2-4-6-17/h2-15H,1H3,(H,29,30)(H,31,32). The fourth-order valence-corrected chi connectivity index (χ4v) is 3.76. The molecule has 0 aliphatic carbocycles. The number of fused-ring (bicyclic) bond motifs is 1. The number of carboxylic acid groups (broad SMARTS) is 1. The molecular formula is C27H19FN2O3. The molecule has 0 saturated carbocycles. The zero-order valence-electron chi connectivity index (χ0n) is 17.7. The highest BCUT2D eigenvalue weighted by Gasteiger charge is 2.14. The first-order valence-corrected chi connectivity index (χ1v) is 10.3. The van der Waals surface area contributed by atoms with E-state index in [9.17, 15) is 14.3 Å². The van der Waals surface area contributed by atoms with Crippen LogP contribution in [0.3, 0.4) is 0 Å². The van der Waals surface area contributed by atoms with E-state index in [1.54, 1.807) is 25.1 Å². The summed E-state index contributed by atoms with van der Waals surface area (Å²) >= 11 is 0. The zero-order chi connectivity index (χ0) is 22.9. The van der Waals surface area contributed by atoms with Crippen LogP contribution in [0, 0.1) is 12.7 Å². The van der Waals surface area contributed by atoms with Gasteiger partial charge in [-0.05, 0) is 47.4 Å². The van der Waals surface area contributed by atoms with E-state index < -0.39 is 5.97 Å². The molecule has 5 aromatic rings. The predicted molar refractivity (Wildman–Crippen MR) is 125 cm³/mol. The predicted octanol–water partition coefficient (Wildman–Crippen LogP) is 6.83. The van der Waals surface area contributed by atoms with Crippen molar-refractivity contribution in [3.8, 4) is 34.0 Å². The molecule has 1 aromatic heterocycles. The Morgan fingerprint density at radius 2 is 1.61 bits per heavy atom. The molecule has 0 amide bonds. The number of H-pyrrole nitrogens is 1. The first-order chi connectivity index (χ1) is 16.0. The Hall–Kier alpha value is -4.45. The van der Waals surface area contributed by atoms with Gasteiger partial charge in [0, 0.05) is 11.6 Å². The number of nitrogens with one attached hydrogen (secondary N) is 1. The van der Waals surface area contributed by atoms with E-state index >= 15 is 0 Å². The molecule has 33 heavy (non-hydrogen) atoms. The van der Waals surface area contributed by atoms with Crippen LogP contribution in [0.2, 0.25) is 0 Å². The van der Waals surface area contributed by atoms with Crippen molar-refractivity contribution in [1.29, 1.82) is 0 Å². The van der Waals surface area contributed by atoms with E-state index in [-0.39, 0.29) is 17.4 Å². The second-order valence-corrected chi connectivity index (χ2v) is 7.72. The maximum atomic E-state index is 14.9. The molecule has 0 aliphatic rings. The number of nitrogens with zero attached hydrogens (tertiary/aromatic N) is 1. The molecular weight excluding hydrogens is 419 g/mol. The molecule has 5 rings (SSSR count). The van der Waals surface area contributed by atoms with Gasteiger partial charge in [0.15, 0.2) is 0 Å². The fraction of sp³-hybridized carbons (Fsp3) is 0.0370. The van der Waals surface area contributed by atoms with Gasteiger partial charge in [-0.15, -0.1) is 0 Å². The molecule has 0 atom stereocenters. The van der Waals surface area contributed by atoms with Crippen molar-refractivity contribution >= 4 is 17.0 Å². The number of ether oxygens (including phenoxy) is 1. The van der Waals surface area contributed by atoms with Crippen molar-refractivity contribution in [2.45, 2.75) is 6.92 Å². The van der Waals surface area contributed by atoms with Crippen LogP contribution in [-0.2, 0) is 0 Å². The monoisotopic (exact) mass is 438 g/mol. The summed E-state index contributed by atoms with van der Waals surface area (Å²) in [5.41, 5.74) is 5.12. The molecule has 2 N–H and O–H groups in total. The quantitative estimate of drug-likeness (QED) is 0.315. The van der Waals surface area contributed by atoms with Gasteiger partial charge >= 0.3 is 5.97 Å². The first-order valence-electron chi connectivity index (χ1n) is 10.3. The van der Waals surface area contributed by atoms with Crippen molar-refractivity contribution in [2.75, 3.05) is 0 Å². The topological polar surface area (TPSA) is 75.2 Å². The van der Waals surface area contributed by atoms with Crippen LogP contribution in [0.25, 0.3) is 33.3 Å². The smallest absolute Gasteiger partial charge is 0.336 e. The molecule has 0 fully saturated rings. The summed E-state index contributed by atoms with van der Waals surface area (Å²) in [6.45, 7) is 1.71. The van der Waals surface area contributed by atoms with Gasteiger partial charge in [0.25, 0.3) is 6.01 Å². The molecule has 4 aromatic carbocycles. The number of carbonyl (C=O) groups is 1. The van der Waals surface area contributed by atoms with E-state index in [4.69, 9.17) is 4.74 Å². The zero-order valence-corrected chi connectivity index (χ0v) is 17.7. The lowest BCUT2D eigenvalue weighted by molar-refractivity contribution is 0.0695. The fourth-order valence-electron chi connectivity index (χ4n) is 3.76. The van der Waals surface area contributed by atoms with Crippen molar-refractivity contribution in [3.05, 3.63) is 102 Å². The van der Waals surface area contributed by atoms with Crippen LogP contribution in [0.1, 0.15) is 15.9 Å². The number of rotatable bonds is 5. The van der Waals surface area contributed by atoms with E-state index in [1.165, 1.54) is 12.1 Å². The van der Waals surface area contributed by atoms with Crippen LogP contribution in [0.5, 0.6) is 11.8 Å². The molecule has 162 valence electrons. The first kappa shape index (κ1) is 20.5. The number of hydrogen-bond acceptors (Lipinski definition) is 3. The average molecular weight is 438 g/mol. The highest BCUT2D eigenvalue weighted by molar-refractivity contribution is 5.90. The number of aromatic carboxylic acids is 1. The minimum Gasteiger partial charge on any atom is -0.478 e. The lowest BCUT2D eigenvalue weighted by Gasteiger charge is -2.06. The third-order valence-electron chi connectivity index (χ3n) is 5.51. The Morgan fingerprint density at radius 3 is 2.33 bits per heavy atom. The minimum absolute atomic E-state index is 0.149. The van der Waals surface area contributed by atoms with Crippen LogP contribution >= 0.6 is 0 Å². The van der Waals surface area contributed by atoms with Gasteiger partial charge in [-0.1, -0.05) is 60.7 Å². The molecule has 0 unspecified atom stereocenters. The Morgan fingerprint density at radius 1 is 0.909 bits per heavy atom. The van der Waals surface area contributed by atoms with Crippen LogP contribution in [-0.4, -0.2) is 21.0 Å². The van der Waals surface area contributed by atoms with Gasteiger partial charge in [-0.25, -0.2) is 9.18 Å². The van der Waals surface area contributed by atoms with Gasteiger partial charge in [-0.3, -0.25) is 0 Å². The normalized spacial score (nSPS) is 11.0. The SMILES string of the molecule is Cc1ccc(Oc2nc3cc(-c4ccc(-c5ccccc5)cc4)c(F)cc3[nH]2)cc1C(=O)O. The Labute approximate surface area is 189 Å². The number of benzene rings is 4. The van der Waals surface area contributed by atoms with Crippen molar-refractivity contribution < 1.29 is 19.0 Å². The Balaban J connectivity index is 1.45. The highest BCUT2D eigenvalue weighted by atomic mass is 19.1. The summed E-state index contributed by atoms with van der Waals surface area (Å²) in [7, 11) is 0. The molecule has 0 radical (unpaired) electrons. The lowest BCUT2D eigenvalue weighted by atomic mass is 10.00. The minimum atomic E-state index is -1.03. The molecule has 0 spiro atoms. The number of hydrogen-bond donors (Lipinski definition) is 2. The Bertz CT molecular complexity index is 1480. The third kappa shape index (κ3) is 4.06. The summed E-state index contributed by atoms with van der Waals surface area (Å²) in [6.07, 6.45) is 0. The molecule has 0 saturated heterocycles. The van der Waals surface area contributed by atoms with Gasteiger partial charge in [0.1, 0.15) is 11.6 Å². The summed E-state index contributed by atoms with van der Waals surface area (Å²) in [5, 5.41) is 9.30. The largest absolute Gasteiger partial charge is 0.478 e. The summed E-state index contributed by atoms with van der Waals surface area (Å²) < 4.78 is 20.6. The molecule has 1 heterocycles. The van der Waals surface area contributed by atoms with E-state index in [2.05, 4.69) is 9.97 Å². The molecule has 6 heteroatoms. The van der Waals surface area contributed by atoms with Crippen molar-refractivity contribution in [3.63, 3.8) is 0 Å². The van der Waals surface area contributed by atoms with Gasteiger partial charge in [0.05, 0.1) is 16.6 Å². The lowest BCUT2D eigenvalue weighted by Crippen LogP contribution is -2.00. The van der Waals surface area contributed by atoms with E-state index in [0.717, 1.165) is 16.7 Å². The highest BCUT2D eigenvalue weighted by Crippen LogP contribution is 2.31. The number of aromatic amines is 1. The number of halogens is 1. The number of aryl methyl sites for hydroxylation is 1. The second-order valence-electron chi connectivity index (χ2n) is 7.72. The summed E-state index contributed by atoms with van der Waals surface area (Å²) in [4.78, 5) is 18.7. The number of imidazole rings is 1. The molecule has 0 aliphatic heterocycles. The maximum Gasteiger partial charge on any atom is 0.336 e. The summed E-state index contributed by atoms with van der Waals surface area (Å²) in [6, 6.07) is 25.6. The molecule has 0 bridgehead atoms. The van der Waals surface area contributed by atoms with E-state index in [0.29, 0.717) is 27.9 Å². The van der Waals surface area contributed by atoms with Crippen LogP contribution in [0.4, 0.5) is 4.39 Å². The number of aromatic nitrogens is 2. The Kier molecular flexibility index (Phi) is 5.11. The van der Waals surface area contributed by atoms with E-state index in [1.807, 2.05) is 54.6 Å². The molecule has 5 nitrogen and oxygen atoms in total. The van der Waals surface area contributed by atoms with Gasteiger partial charge in [-0.2, -0.15) is 4.98 Å². The van der Waals surface area contributed by atoms with Crippen LogP contribution in [0.15, 0.2) is 84.9 Å². The van der Waals surface area contributed by atoms with Crippen LogP contribution < -0.4 is 4.74 Å². The second kappa shape index (κ2) is 8.24. The summed E-state index contributed by atoms with van der Waals surface area (Å²) in [5.74, 6) is -1.09.